The number of methoxy groups -OCH3 is 1. The molecule has 2 atom stereocenters. The first-order chi connectivity index (χ1) is 16.2. The summed E-state index contributed by atoms with van der Waals surface area (Å²) in [7, 11) is 5.24. The fourth-order valence-electron chi connectivity index (χ4n) is 4.28. The van der Waals surface area contributed by atoms with Gasteiger partial charge in [0.05, 0.1) is 31.5 Å². The van der Waals surface area contributed by atoms with Gasteiger partial charge in [-0.2, -0.15) is 0 Å². The summed E-state index contributed by atoms with van der Waals surface area (Å²) in [6.07, 6.45) is 1.69. The van der Waals surface area contributed by atoms with Gasteiger partial charge in [-0.1, -0.05) is 6.92 Å². The van der Waals surface area contributed by atoms with Crippen LogP contribution < -0.4 is 15.8 Å². The smallest absolute Gasteiger partial charge is 0.409 e. The van der Waals surface area contributed by atoms with Gasteiger partial charge in [-0.15, -0.1) is 0 Å². The van der Waals surface area contributed by atoms with Gasteiger partial charge in [0, 0.05) is 45.6 Å². The Labute approximate surface area is 200 Å². The summed E-state index contributed by atoms with van der Waals surface area (Å²) in [6.45, 7) is 9.55. The molecule has 34 heavy (non-hydrogen) atoms. The molecule has 3 rings (SSSR count). The summed E-state index contributed by atoms with van der Waals surface area (Å²) in [5, 5.41) is 3.37. The zero-order valence-electron chi connectivity index (χ0n) is 21.2. The van der Waals surface area contributed by atoms with Crippen molar-refractivity contribution in [2.75, 3.05) is 51.1 Å². The first kappa shape index (κ1) is 25.5. The topological polar surface area (TPSA) is 102 Å². The highest BCUT2D eigenvalue weighted by Crippen LogP contribution is 2.26. The van der Waals surface area contributed by atoms with Crippen molar-refractivity contribution in [3.8, 4) is 11.4 Å². The highest BCUT2D eigenvalue weighted by atomic mass is 16.5. The molecule has 0 aliphatic carbocycles. The number of nitrogens with one attached hydrogen (secondary N) is 1. The van der Waals surface area contributed by atoms with Crippen molar-refractivity contribution in [1.82, 2.24) is 19.4 Å². The van der Waals surface area contributed by atoms with Crippen LogP contribution in [0.2, 0.25) is 0 Å². The third-order valence-electron chi connectivity index (χ3n) is 6.10. The number of rotatable bonds is 8. The van der Waals surface area contributed by atoms with Crippen molar-refractivity contribution in [2.24, 2.45) is 0 Å². The van der Waals surface area contributed by atoms with Gasteiger partial charge in [0.2, 0.25) is 0 Å². The largest absolute Gasteiger partial charge is 0.453 e. The van der Waals surface area contributed by atoms with E-state index in [1.165, 1.54) is 7.11 Å². The van der Waals surface area contributed by atoms with Crippen molar-refractivity contribution in [3.63, 3.8) is 0 Å². The van der Waals surface area contributed by atoms with Crippen LogP contribution >= 0.6 is 0 Å². The first-order valence-corrected chi connectivity index (χ1v) is 11.7. The van der Waals surface area contributed by atoms with Gasteiger partial charge in [0.15, 0.2) is 0 Å². The monoisotopic (exact) mass is 472 g/mol. The molecule has 0 radical (unpaired) electrons. The number of hydrogen-bond donors (Lipinski definition) is 1. The standard InChI is InChI=1S/C24H36N6O4/c1-8-17-21(26-18-13-29(24(32)33-7)14-19(18)34-10-3)23(31)30(9-2)22(27-17)16-12-25-20(28(5)6)11-15(16)4/h11-12,18-19,26H,8-10,13-14H2,1-7H3. The molecule has 186 valence electrons. The van der Waals surface area contributed by atoms with E-state index in [-0.39, 0.29) is 17.7 Å². The third-order valence-corrected chi connectivity index (χ3v) is 6.10. The molecule has 2 aromatic rings. The van der Waals surface area contributed by atoms with Gasteiger partial charge >= 0.3 is 6.09 Å². The number of pyridine rings is 1. The van der Waals surface area contributed by atoms with Crippen molar-refractivity contribution in [3.05, 3.63) is 33.9 Å². The van der Waals surface area contributed by atoms with Gasteiger partial charge in [-0.3, -0.25) is 9.36 Å². The number of amides is 1. The number of hydrogen-bond acceptors (Lipinski definition) is 8. The van der Waals surface area contributed by atoms with Crippen LogP contribution in [0.4, 0.5) is 16.3 Å². The van der Waals surface area contributed by atoms with E-state index >= 15 is 0 Å². The highest BCUT2D eigenvalue weighted by molar-refractivity contribution is 5.68. The van der Waals surface area contributed by atoms with Crippen LogP contribution in [-0.2, 0) is 22.4 Å². The van der Waals surface area contributed by atoms with E-state index in [0.29, 0.717) is 49.9 Å². The molecule has 1 saturated heterocycles. The van der Waals surface area contributed by atoms with E-state index in [1.54, 1.807) is 15.7 Å². The number of aryl methyl sites for hydroxylation is 2. The zero-order valence-corrected chi connectivity index (χ0v) is 21.2. The minimum absolute atomic E-state index is 0.146. The van der Waals surface area contributed by atoms with Gasteiger partial charge in [0.25, 0.3) is 5.56 Å². The van der Waals surface area contributed by atoms with E-state index in [4.69, 9.17) is 14.5 Å². The SMILES string of the molecule is CCOC1CN(C(=O)OC)CC1Nc1c(CC)nc(-c2cnc(N(C)C)cc2C)n(CC)c1=O. The maximum absolute atomic E-state index is 13.7. The Hall–Kier alpha value is -3.14. The lowest BCUT2D eigenvalue weighted by molar-refractivity contribution is 0.0614. The lowest BCUT2D eigenvalue weighted by Crippen LogP contribution is -2.38. The summed E-state index contributed by atoms with van der Waals surface area (Å²) >= 11 is 0. The highest BCUT2D eigenvalue weighted by Gasteiger charge is 2.37. The van der Waals surface area contributed by atoms with Crippen LogP contribution in [0.5, 0.6) is 0 Å². The quantitative estimate of drug-likeness (QED) is 0.625. The van der Waals surface area contributed by atoms with E-state index in [2.05, 4.69) is 10.3 Å². The van der Waals surface area contributed by atoms with Crippen LogP contribution in [0.3, 0.4) is 0 Å². The molecule has 1 aliphatic rings. The second-order valence-corrected chi connectivity index (χ2v) is 8.53. The minimum Gasteiger partial charge on any atom is -0.453 e. The predicted octanol–water partition coefficient (Wildman–Crippen LogP) is 2.53. The minimum atomic E-state index is -0.409. The van der Waals surface area contributed by atoms with Crippen molar-refractivity contribution in [2.45, 2.75) is 52.8 Å². The molecule has 0 aromatic carbocycles. The summed E-state index contributed by atoms with van der Waals surface area (Å²) in [4.78, 5) is 38.7. The maximum Gasteiger partial charge on any atom is 0.409 e. The van der Waals surface area contributed by atoms with Gasteiger partial charge in [-0.05, 0) is 38.8 Å². The summed E-state index contributed by atoms with van der Waals surface area (Å²) in [6, 6.07) is 1.74. The second kappa shape index (κ2) is 10.9. The molecular formula is C24H36N6O4. The Balaban J connectivity index is 2.03. The van der Waals surface area contributed by atoms with Gasteiger partial charge in [-0.25, -0.2) is 14.8 Å². The number of anilines is 2. The first-order valence-electron chi connectivity index (χ1n) is 11.7. The predicted molar refractivity (Wildman–Crippen MR) is 133 cm³/mol. The molecule has 10 nitrogen and oxygen atoms in total. The van der Waals surface area contributed by atoms with Crippen LogP contribution in [0.25, 0.3) is 11.4 Å². The van der Waals surface area contributed by atoms with Gasteiger partial charge in [0.1, 0.15) is 17.3 Å². The van der Waals surface area contributed by atoms with Crippen molar-refractivity contribution >= 4 is 17.6 Å². The number of likely N-dealkylation sites (tertiary alicyclic amines) is 1. The molecule has 0 saturated carbocycles. The van der Waals surface area contributed by atoms with Gasteiger partial charge < -0.3 is 24.6 Å². The molecule has 2 unspecified atom stereocenters. The molecule has 1 fully saturated rings. The second-order valence-electron chi connectivity index (χ2n) is 8.53. The number of carbonyl (C=O) groups is 1. The molecule has 1 N–H and O–H groups in total. The molecule has 10 heteroatoms. The summed E-state index contributed by atoms with van der Waals surface area (Å²) < 4.78 is 12.4. The molecule has 1 amide bonds. The van der Waals surface area contributed by atoms with Crippen LogP contribution in [0.1, 0.15) is 32.0 Å². The lowest BCUT2D eigenvalue weighted by Gasteiger charge is -2.23. The lowest BCUT2D eigenvalue weighted by atomic mass is 10.1. The average Bonchev–Trinajstić information content (AvgIpc) is 3.22. The number of aromatic nitrogens is 3. The fraction of sp³-hybridized carbons (Fsp3) is 0.583. The van der Waals surface area contributed by atoms with Crippen LogP contribution in [0.15, 0.2) is 17.1 Å². The molecule has 1 aliphatic heterocycles. The Morgan fingerprint density at radius 2 is 2.00 bits per heavy atom. The molecule has 3 heterocycles. The Morgan fingerprint density at radius 3 is 2.56 bits per heavy atom. The van der Waals surface area contributed by atoms with E-state index in [0.717, 1.165) is 16.9 Å². The third kappa shape index (κ3) is 5.01. The number of ether oxygens (including phenoxy) is 2. The number of carbonyl (C=O) groups excluding carboxylic acids is 1. The average molecular weight is 473 g/mol. The van der Waals surface area contributed by atoms with Crippen molar-refractivity contribution < 1.29 is 14.3 Å². The number of nitrogens with zero attached hydrogens (tertiary/aromatic N) is 5. The zero-order chi connectivity index (χ0) is 25.0. The van der Waals surface area contributed by atoms with Crippen molar-refractivity contribution in [1.29, 1.82) is 0 Å². The maximum atomic E-state index is 13.7. The Morgan fingerprint density at radius 1 is 1.26 bits per heavy atom. The summed E-state index contributed by atoms with van der Waals surface area (Å²) in [5.41, 5.74) is 2.80. The van der Waals surface area contributed by atoms with E-state index in [1.807, 2.05) is 52.8 Å². The Bertz CT molecular complexity index is 1080. The molecule has 0 spiro atoms. The normalized spacial score (nSPS) is 17.7. The van der Waals surface area contributed by atoms with Crippen LogP contribution in [0, 0.1) is 6.92 Å². The van der Waals surface area contributed by atoms with Crippen LogP contribution in [-0.4, -0.2) is 78.6 Å². The fourth-order valence-corrected chi connectivity index (χ4v) is 4.28. The molecule has 0 bridgehead atoms. The molecule has 2 aromatic heterocycles. The summed E-state index contributed by atoms with van der Waals surface area (Å²) in [5.74, 6) is 1.45. The molecular weight excluding hydrogens is 436 g/mol. The van der Waals surface area contributed by atoms with E-state index < -0.39 is 6.09 Å². The van der Waals surface area contributed by atoms with E-state index in [9.17, 15) is 9.59 Å². The Kier molecular flexibility index (Phi) is 8.14.